The number of carbonyl (C=O) groups excluding carboxylic acids is 2. The first-order valence-electron chi connectivity index (χ1n) is 11.3. The summed E-state index contributed by atoms with van der Waals surface area (Å²) < 4.78 is 7.05. The highest BCUT2D eigenvalue weighted by Crippen LogP contribution is 2.38. The van der Waals surface area contributed by atoms with Crippen LogP contribution in [0, 0.1) is 6.92 Å². The van der Waals surface area contributed by atoms with Gasteiger partial charge in [-0.25, -0.2) is 0 Å². The highest BCUT2D eigenvalue weighted by Gasteiger charge is 2.26. The van der Waals surface area contributed by atoms with E-state index in [0.717, 1.165) is 42.6 Å². The molecule has 2 amide bonds. The first kappa shape index (κ1) is 24.4. The molecule has 1 aliphatic carbocycles. The molecule has 0 saturated carbocycles. The predicted molar refractivity (Wildman–Crippen MR) is 135 cm³/mol. The zero-order valence-corrected chi connectivity index (χ0v) is 21.1. The van der Waals surface area contributed by atoms with Gasteiger partial charge in [0.25, 0.3) is 5.91 Å². The molecular formula is C24H29N5O3S2. The van der Waals surface area contributed by atoms with E-state index in [0.29, 0.717) is 35.4 Å². The molecule has 10 heteroatoms. The summed E-state index contributed by atoms with van der Waals surface area (Å²) in [7, 11) is 1.60. The van der Waals surface area contributed by atoms with Crippen LogP contribution < -0.4 is 10.6 Å². The average molecular weight is 500 g/mol. The van der Waals surface area contributed by atoms with Crippen LogP contribution in [0.3, 0.4) is 0 Å². The molecule has 2 N–H and O–H groups in total. The Balaban J connectivity index is 1.44. The largest absolute Gasteiger partial charge is 0.383 e. The lowest BCUT2D eigenvalue weighted by molar-refractivity contribution is -0.113. The van der Waals surface area contributed by atoms with E-state index in [2.05, 4.69) is 33.0 Å². The van der Waals surface area contributed by atoms with Gasteiger partial charge in [0.05, 0.1) is 24.5 Å². The van der Waals surface area contributed by atoms with Gasteiger partial charge in [-0.1, -0.05) is 42.1 Å². The van der Waals surface area contributed by atoms with Crippen LogP contribution in [0.1, 0.15) is 45.0 Å². The Morgan fingerprint density at radius 1 is 1.18 bits per heavy atom. The van der Waals surface area contributed by atoms with Gasteiger partial charge in [0.1, 0.15) is 10.8 Å². The minimum absolute atomic E-state index is 0.155. The minimum Gasteiger partial charge on any atom is -0.383 e. The third-order valence-electron chi connectivity index (χ3n) is 5.66. The molecule has 4 rings (SSSR count). The number of thiophene rings is 1. The second-order valence-corrected chi connectivity index (χ2v) is 10.1. The van der Waals surface area contributed by atoms with Crippen molar-refractivity contribution in [2.24, 2.45) is 0 Å². The van der Waals surface area contributed by atoms with Crippen LogP contribution in [0.2, 0.25) is 0 Å². The highest BCUT2D eigenvalue weighted by molar-refractivity contribution is 7.99. The molecule has 0 radical (unpaired) electrons. The van der Waals surface area contributed by atoms with Gasteiger partial charge in [-0.15, -0.1) is 21.5 Å². The topological polar surface area (TPSA) is 98.1 Å². The quantitative estimate of drug-likeness (QED) is 0.326. The Morgan fingerprint density at radius 2 is 1.97 bits per heavy atom. The second kappa shape index (κ2) is 11.6. The summed E-state index contributed by atoms with van der Waals surface area (Å²) in [5.74, 6) is 0.659. The molecule has 8 nitrogen and oxygen atoms in total. The number of aryl methyl sites for hydroxylation is 2. The maximum Gasteiger partial charge on any atom is 0.254 e. The smallest absolute Gasteiger partial charge is 0.254 e. The predicted octanol–water partition coefficient (Wildman–Crippen LogP) is 3.68. The van der Waals surface area contributed by atoms with E-state index >= 15 is 0 Å². The Bertz CT molecular complexity index is 1140. The monoisotopic (exact) mass is 499 g/mol. The number of anilines is 1. The van der Waals surface area contributed by atoms with Crippen molar-refractivity contribution >= 4 is 39.9 Å². The molecule has 1 aliphatic rings. The molecule has 1 aromatic carbocycles. The SMILES string of the molecule is COCCNC(=O)c1c(NC(=O)CSc2nnc(C)n2Cc2ccccc2)sc2c1CCCC2. The van der Waals surface area contributed by atoms with Crippen LogP contribution >= 0.6 is 23.1 Å². The number of ether oxygens (including phenoxy) is 1. The molecule has 0 saturated heterocycles. The Labute approximate surface area is 207 Å². The Hall–Kier alpha value is -2.69. The van der Waals surface area contributed by atoms with Crippen LogP contribution in [-0.2, 0) is 28.9 Å². The molecule has 3 aromatic rings. The lowest BCUT2D eigenvalue weighted by atomic mass is 9.95. The Morgan fingerprint density at radius 3 is 2.76 bits per heavy atom. The molecule has 0 aliphatic heterocycles. The van der Waals surface area contributed by atoms with Crippen molar-refractivity contribution in [1.82, 2.24) is 20.1 Å². The van der Waals surface area contributed by atoms with Gasteiger partial charge in [0, 0.05) is 18.5 Å². The summed E-state index contributed by atoms with van der Waals surface area (Å²) in [6.07, 6.45) is 3.98. The summed E-state index contributed by atoms with van der Waals surface area (Å²) in [4.78, 5) is 27.0. The molecule has 0 spiro atoms. The lowest BCUT2D eigenvalue weighted by Gasteiger charge is -2.13. The molecule has 2 aromatic heterocycles. The number of benzene rings is 1. The van der Waals surface area contributed by atoms with Crippen molar-refractivity contribution in [2.45, 2.75) is 44.3 Å². The van der Waals surface area contributed by atoms with Crippen molar-refractivity contribution in [2.75, 3.05) is 31.3 Å². The second-order valence-electron chi connectivity index (χ2n) is 8.10. The van der Waals surface area contributed by atoms with Crippen LogP contribution in [0.4, 0.5) is 5.00 Å². The molecule has 0 fully saturated rings. The first-order valence-corrected chi connectivity index (χ1v) is 13.1. The highest BCUT2D eigenvalue weighted by atomic mass is 32.2. The van der Waals surface area contributed by atoms with Crippen molar-refractivity contribution in [3.8, 4) is 0 Å². The van der Waals surface area contributed by atoms with Gasteiger partial charge in [-0.05, 0) is 43.7 Å². The maximum absolute atomic E-state index is 12.9. The minimum atomic E-state index is -0.165. The summed E-state index contributed by atoms with van der Waals surface area (Å²) >= 11 is 2.87. The molecule has 0 atom stereocenters. The van der Waals surface area contributed by atoms with Crippen LogP contribution in [0.15, 0.2) is 35.5 Å². The van der Waals surface area contributed by atoms with E-state index in [-0.39, 0.29) is 17.6 Å². The van der Waals surface area contributed by atoms with Crippen LogP contribution in [0.25, 0.3) is 0 Å². The summed E-state index contributed by atoms with van der Waals surface area (Å²) in [5.41, 5.74) is 2.83. The van der Waals surface area contributed by atoms with E-state index in [1.807, 2.05) is 29.7 Å². The van der Waals surface area contributed by atoms with Gasteiger partial charge in [-0.2, -0.15) is 0 Å². The number of rotatable bonds is 10. The van der Waals surface area contributed by atoms with Crippen LogP contribution in [0.5, 0.6) is 0 Å². The van der Waals surface area contributed by atoms with Gasteiger partial charge in [-0.3, -0.25) is 9.59 Å². The number of aromatic nitrogens is 3. The van der Waals surface area contributed by atoms with E-state index in [9.17, 15) is 9.59 Å². The number of nitrogens with one attached hydrogen (secondary N) is 2. The standard InChI is InChI=1S/C24H29N5O3S2/c1-16-27-28-24(29(16)14-17-8-4-3-5-9-17)33-15-20(30)26-23-21(22(31)25-12-13-32-2)18-10-6-7-11-19(18)34-23/h3-5,8-9H,6-7,10-15H2,1-2H3,(H,25,31)(H,26,30). The van der Waals surface area contributed by atoms with E-state index in [4.69, 9.17) is 4.74 Å². The van der Waals surface area contributed by atoms with Crippen molar-refractivity contribution in [1.29, 1.82) is 0 Å². The van der Waals surface area contributed by atoms with E-state index in [1.165, 1.54) is 28.0 Å². The molecular weight excluding hydrogens is 470 g/mol. The summed E-state index contributed by atoms with van der Waals surface area (Å²) in [6.45, 7) is 3.43. The van der Waals surface area contributed by atoms with Crippen molar-refractivity contribution in [3.63, 3.8) is 0 Å². The number of methoxy groups -OCH3 is 1. The van der Waals surface area contributed by atoms with E-state index < -0.39 is 0 Å². The fourth-order valence-corrected chi connectivity index (χ4v) is 6.04. The number of nitrogens with zero attached hydrogens (tertiary/aromatic N) is 3. The summed E-state index contributed by atoms with van der Waals surface area (Å²) in [6, 6.07) is 10.1. The maximum atomic E-state index is 12.9. The number of carbonyl (C=O) groups is 2. The number of fused-ring (bicyclic) bond motifs is 1. The lowest BCUT2D eigenvalue weighted by Crippen LogP contribution is -2.29. The molecule has 0 bridgehead atoms. The fraction of sp³-hybridized carbons (Fsp3) is 0.417. The zero-order chi connectivity index (χ0) is 23.9. The van der Waals surface area contributed by atoms with Gasteiger partial charge < -0.3 is 19.9 Å². The van der Waals surface area contributed by atoms with Crippen molar-refractivity contribution < 1.29 is 14.3 Å². The number of hydrogen-bond acceptors (Lipinski definition) is 7. The van der Waals surface area contributed by atoms with E-state index in [1.54, 1.807) is 7.11 Å². The van der Waals surface area contributed by atoms with Gasteiger partial charge >= 0.3 is 0 Å². The zero-order valence-electron chi connectivity index (χ0n) is 19.4. The number of hydrogen-bond donors (Lipinski definition) is 2. The van der Waals surface area contributed by atoms with Gasteiger partial charge in [0.2, 0.25) is 5.91 Å². The third kappa shape index (κ3) is 5.86. The normalized spacial score (nSPS) is 12.9. The molecule has 2 heterocycles. The number of amides is 2. The van der Waals surface area contributed by atoms with Crippen LogP contribution in [-0.4, -0.2) is 52.6 Å². The summed E-state index contributed by atoms with van der Waals surface area (Å²) in [5, 5.41) is 15.7. The molecule has 34 heavy (non-hydrogen) atoms. The number of thioether (sulfide) groups is 1. The Kier molecular flexibility index (Phi) is 8.36. The molecule has 180 valence electrons. The van der Waals surface area contributed by atoms with Crippen molar-refractivity contribution in [3.05, 3.63) is 57.7 Å². The van der Waals surface area contributed by atoms with Gasteiger partial charge in [0.15, 0.2) is 5.16 Å². The fourth-order valence-electron chi connectivity index (χ4n) is 3.96. The molecule has 0 unspecified atom stereocenters. The average Bonchev–Trinajstić information content (AvgIpc) is 3.38. The first-order chi connectivity index (χ1) is 16.6. The third-order valence-corrected chi connectivity index (χ3v) is 7.83.